The van der Waals surface area contributed by atoms with Crippen molar-refractivity contribution in [2.75, 3.05) is 18.0 Å². The lowest BCUT2D eigenvalue weighted by Gasteiger charge is -2.33. The van der Waals surface area contributed by atoms with Gasteiger partial charge in [0.05, 0.1) is 5.69 Å². The van der Waals surface area contributed by atoms with Crippen LogP contribution in [-0.4, -0.2) is 34.1 Å². The summed E-state index contributed by atoms with van der Waals surface area (Å²) in [5.41, 5.74) is 1.20. The maximum Gasteiger partial charge on any atom is 0.225 e. The molecular weight excluding hydrogens is 294 g/mol. The highest BCUT2D eigenvalue weighted by Crippen LogP contribution is 2.19. The van der Waals surface area contributed by atoms with E-state index in [4.69, 9.17) is 0 Å². The van der Waals surface area contributed by atoms with Crippen LogP contribution in [0.2, 0.25) is 0 Å². The molecule has 1 fully saturated rings. The number of nitrogens with zero attached hydrogens (tertiary/aromatic N) is 4. The highest BCUT2D eigenvalue weighted by Gasteiger charge is 2.21. The Bertz CT molecular complexity index is 583. The fourth-order valence-corrected chi connectivity index (χ4v) is 3.59. The van der Waals surface area contributed by atoms with Gasteiger partial charge in [-0.1, -0.05) is 13.8 Å². The number of piperidine rings is 1. The predicted octanol–water partition coefficient (Wildman–Crippen LogP) is 2.82. The fraction of sp³-hybridized carbons (Fsp3) is 0.562. The Morgan fingerprint density at radius 2 is 2.18 bits per heavy atom. The topological polar surface area (TPSA) is 53.9 Å². The van der Waals surface area contributed by atoms with E-state index in [1.54, 1.807) is 11.3 Å². The average Bonchev–Trinajstić information content (AvgIpc) is 3.03. The lowest BCUT2D eigenvalue weighted by atomic mass is 10.1. The predicted molar refractivity (Wildman–Crippen MR) is 90.3 cm³/mol. The minimum absolute atomic E-state index is 0.476. The first-order valence-corrected chi connectivity index (χ1v) is 8.80. The van der Waals surface area contributed by atoms with Gasteiger partial charge >= 0.3 is 0 Å². The van der Waals surface area contributed by atoms with E-state index in [1.807, 2.05) is 18.5 Å². The third kappa shape index (κ3) is 3.81. The van der Waals surface area contributed by atoms with Crippen molar-refractivity contribution >= 4 is 17.3 Å². The minimum atomic E-state index is 0.476. The molecule has 0 saturated carbocycles. The van der Waals surface area contributed by atoms with Crippen molar-refractivity contribution in [3.8, 4) is 0 Å². The Labute approximate surface area is 135 Å². The van der Waals surface area contributed by atoms with Gasteiger partial charge < -0.3 is 10.2 Å². The van der Waals surface area contributed by atoms with Gasteiger partial charge in [-0.05, 0) is 24.8 Å². The van der Waals surface area contributed by atoms with Crippen LogP contribution in [0.1, 0.15) is 43.3 Å². The van der Waals surface area contributed by atoms with Gasteiger partial charge in [-0.25, -0.2) is 15.0 Å². The number of aromatic nitrogens is 3. The van der Waals surface area contributed by atoms with E-state index in [9.17, 15) is 0 Å². The lowest BCUT2D eigenvalue weighted by molar-refractivity contribution is 0.417. The molecule has 1 saturated heterocycles. The van der Waals surface area contributed by atoms with E-state index >= 15 is 0 Å². The van der Waals surface area contributed by atoms with Crippen molar-refractivity contribution in [3.63, 3.8) is 0 Å². The Morgan fingerprint density at radius 3 is 2.91 bits per heavy atom. The first-order chi connectivity index (χ1) is 10.7. The summed E-state index contributed by atoms with van der Waals surface area (Å²) >= 11 is 1.75. The van der Waals surface area contributed by atoms with Gasteiger partial charge in [0, 0.05) is 43.4 Å². The number of nitrogens with one attached hydrogen (secondary N) is 1. The molecule has 0 aromatic carbocycles. The SMILES string of the molecule is CC(C)c1csc(CNC2CCCN(c3ncccn3)C2)n1. The Hall–Kier alpha value is -1.53. The van der Waals surface area contributed by atoms with E-state index in [0.29, 0.717) is 12.0 Å². The molecule has 0 spiro atoms. The molecule has 1 N–H and O–H groups in total. The van der Waals surface area contributed by atoms with Crippen LogP contribution in [0, 0.1) is 0 Å². The summed E-state index contributed by atoms with van der Waals surface area (Å²) in [4.78, 5) is 15.7. The largest absolute Gasteiger partial charge is 0.339 e. The van der Waals surface area contributed by atoms with Crippen molar-refractivity contribution < 1.29 is 0 Å². The van der Waals surface area contributed by atoms with Crippen molar-refractivity contribution in [2.24, 2.45) is 0 Å². The second kappa shape index (κ2) is 7.15. The fourth-order valence-electron chi connectivity index (χ4n) is 2.68. The number of hydrogen-bond acceptors (Lipinski definition) is 6. The van der Waals surface area contributed by atoms with E-state index in [0.717, 1.165) is 25.6 Å². The second-order valence-electron chi connectivity index (χ2n) is 6.04. The van der Waals surface area contributed by atoms with Crippen molar-refractivity contribution in [1.82, 2.24) is 20.3 Å². The third-order valence-electron chi connectivity index (χ3n) is 3.96. The summed E-state index contributed by atoms with van der Waals surface area (Å²) < 4.78 is 0. The summed E-state index contributed by atoms with van der Waals surface area (Å²) in [7, 11) is 0. The van der Waals surface area contributed by atoms with Gasteiger partial charge in [0.15, 0.2) is 0 Å². The standard InChI is InChI=1S/C16H23N5S/c1-12(2)14-11-22-15(20-14)9-19-13-5-3-8-21(10-13)16-17-6-4-7-18-16/h4,6-7,11-13,19H,3,5,8-10H2,1-2H3. The first-order valence-electron chi connectivity index (χ1n) is 7.92. The molecule has 2 aromatic heterocycles. The van der Waals surface area contributed by atoms with Crippen LogP contribution in [0.4, 0.5) is 5.95 Å². The number of hydrogen-bond donors (Lipinski definition) is 1. The van der Waals surface area contributed by atoms with E-state index in [1.165, 1.54) is 23.5 Å². The maximum absolute atomic E-state index is 4.69. The summed E-state index contributed by atoms with van der Waals surface area (Å²) in [5.74, 6) is 1.34. The summed E-state index contributed by atoms with van der Waals surface area (Å²) in [5, 5.41) is 6.99. The van der Waals surface area contributed by atoms with Crippen LogP contribution in [0.15, 0.2) is 23.8 Å². The van der Waals surface area contributed by atoms with Crippen LogP contribution >= 0.6 is 11.3 Å². The average molecular weight is 317 g/mol. The monoisotopic (exact) mass is 317 g/mol. The molecule has 5 nitrogen and oxygen atoms in total. The first kappa shape index (κ1) is 15.4. The highest BCUT2D eigenvalue weighted by molar-refractivity contribution is 7.09. The Morgan fingerprint density at radius 1 is 1.36 bits per heavy atom. The zero-order valence-corrected chi connectivity index (χ0v) is 14.0. The summed E-state index contributed by atoms with van der Waals surface area (Å²) in [6, 6.07) is 2.33. The van der Waals surface area contributed by atoms with Gasteiger partial charge in [-0.15, -0.1) is 11.3 Å². The molecule has 22 heavy (non-hydrogen) atoms. The molecular formula is C16H23N5S. The molecule has 2 aromatic rings. The smallest absolute Gasteiger partial charge is 0.225 e. The third-order valence-corrected chi connectivity index (χ3v) is 4.83. The van der Waals surface area contributed by atoms with Crippen molar-refractivity contribution in [2.45, 2.75) is 45.2 Å². The zero-order chi connectivity index (χ0) is 15.4. The maximum atomic E-state index is 4.69. The molecule has 1 aliphatic heterocycles. The molecule has 0 aliphatic carbocycles. The molecule has 0 bridgehead atoms. The molecule has 1 aliphatic rings. The molecule has 0 amide bonds. The van der Waals surface area contributed by atoms with Gasteiger partial charge in [0.1, 0.15) is 5.01 Å². The van der Waals surface area contributed by atoms with Crippen LogP contribution in [0.5, 0.6) is 0 Å². The van der Waals surface area contributed by atoms with Crippen LogP contribution < -0.4 is 10.2 Å². The molecule has 1 atom stereocenters. The zero-order valence-electron chi connectivity index (χ0n) is 13.2. The summed E-state index contributed by atoms with van der Waals surface area (Å²) in [6.45, 7) is 7.23. The van der Waals surface area contributed by atoms with E-state index in [-0.39, 0.29) is 0 Å². The van der Waals surface area contributed by atoms with Crippen molar-refractivity contribution in [1.29, 1.82) is 0 Å². The van der Waals surface area contributed by atoms with Crippen LogP contribution in [0.3, 0.4) is 0 Å². The molecule has 6 heteroatoms. The Balaban J connectivity index is 1.54. The molecule has 118 valence electrons. The number of rotatable bonds is 5. The van der Waals surface area contributed by atoms with Crippen LogP contribution in [0.25, 0.3) is 0 Å². The van der Waals surface area contributed by atoms with Gasteiger partial charge in [-0.3, -0.25) is 0 Å². The van der Waals surface area contributed by atoms with Gasteiger partial charge in [-0.2, -0.15) is 0 Å². The molecule has 1 unspecified atom stereocenters. The number of anilines is 1. The van der Waals surface area contributed by atoms with Crippen LogP contribution in [-0.2, 0) is 6.54 Å². The van der Waals surface area contributed by atoms with Crippen molar-refractivity contribution in [3.05, 3.63) is 34.5 Å². The lowest BCUT2D eigenvalue weighted by Crippen LogP contribution is -2.46. The van der Waals surface area contributed by atoms with E-state index < -0.39 is 0 Å². The van der Waals surface area contributed by atoms with Gasteiger partial charge in [0.2, 0.25) is 5.95 Å². The Kier molecular flexibility index (Phi) is 5.00. The minimum Gasteiger partial charge on any atom is -0.339 e. The van der Waals surface area contributed by atoms with Gasteiger partial charge in [0.25, 0.3) is 0 Å². The molecule has 0 radical (unpaired) electrons. The molecule has 3 heterocycles. The van der Waals surface area contributed by atoms with E-state index in [2.05, 4.69) is 44.4 Å². The summed E-state index contributed by atoms with van der Waals surface area (Å²) in [6.07, 6.45) is 5.99. The highest BCUT2D eigenvalue weighted by atomic mass is 32.1. The molecule has 3 rings (SSSR count). The number of thiazole rings is 1. The normalized spacial score (nSPS) is 18.9. The second-order valence-corrected chi connectivity index (χ2v) is 6.98. The quantitative estimate of drug-likeness (QED) is 0.919.